The van der Waals surface area contributed by atoms with Crippen molar-refractivity contribution >= 4 is 12.0 Å². The zero-order chi connectivity index (χ0) is 13.6. The summed E-state index contributed by atoms with van der Waals surface area (Å²) in [5.41, 5.74) is -0.389. The molecular formula is C12H22N2O4. The Balaban J connectivity index is 2.56. The molecule has 0 bridgehead atoms. The molecule has 18 heavy (non-hydrogen) atoms. The lowest BCUT2D eigenvalue weighted by molar-refractivity contribution is -0.137. The lowest BCUT2D eigenvalue weighted by Gasteiger charge is -2.36. The standard InChI is InChI=1S/C12H22N2O4/c1-3-6-14(8-10(15)16)11(17)13-12(2)5-4-7-18-9-12/h3-9H2,1-2H3,(H,13,17)(H,15,16). The van der Waals surface area contributed by atoms with Crippen LogP contribution < -0.4 is 5.32 Å². The second-order valence-corrected chi connectivity index (χ2v) is 4.96. The molecule has 1 rings (SSSR count). The summed E-state index contributed by atoms with van der Waals surface area (Å²) in [5, 5.41) is 11.7. The van der Waals surface area contributed by atoms with Gasteiger partial charge in [-0.1, -0.05) is 6.92 Å². The molecule has 1 fully saturated rings. The number of hydrogen-bond donors (Lipinski definition) is 2. The summed E-state index contributed by atoms with van der Waals surface area (Å²) in [7, 11) is 0. The first kappa shape index (κ1) is 14.8. The molecule has 0 aromatic heterocycles. The van der Waals surface area contributed by atoms with E-state index in [4.69, 9.17) is 9.84 Å². The third-order valence-corrected chi connectivity index (χ3v) is 2.95. The molecule has 0 saturated carbocycles. The van der Waals surface area contributed by atoms with Gasteiger partial charge >= 0.3 is 12.0 Å². The number of aliphatic carboxylic acids is 1. The number of nitrogens with one attached hydrogen (secondary N) is 1. The monoisotopic (exact) mass is 258 g/mol. The zero-order valence-corrected chi connectivity index (χ0v) is 11.1. The van der Waals surface area contributed by atoms with E-state index in [0.717, 1.165) is 25.9 Å². The molecule has 1 aliphatic rings. The van der Waals surface area contributed by atoms with Crippen molar-refractivity contribution in [2.24, 2.45) is 0 Å². The molecule has 0 spiro atoms. The minimum atomic E-state index is -0.997. The number of amides is 2. The molecule has 104 valence electrons. The summed E-state index contributed by atoms with van der Waals surface area (Å²) < 4.78 is 5.36. The Hall–Kier alpha value is -1.30. The molecular weight excluding hydrogens is 236 g/mol. The zero-order valence-electron chi connectivity index (χ0n) is 11.1. The topological polar surface area (TPSA) is 78.9 Å². The van der Waals surface area contributed by atoms with Crippen molar-refractivity contribution < 1.29 is 19.4 Å². The number of rotatable bonds is 5. The molecule has 0 aromatic rings. The Bertz CT molecular complexity index is 300. The van der Waals surface area contributed by atoms with Crippen molar-refractivity contribution in [2.45, 2.75) is 38.6 Å². The second-order valence-electron chi connectivity index (χ2n) is 4.96. The molecule has 2 N–H and O–H groups in total. The largest absolute Gasteiger partial charge is 0.480 e. The van der Waals surface area contributed by atoms with Gasteiger partial charge in [0.2, 0.25) is 0 Å². The summed E-state index contributed by atoms with van der Waals surface area (Å²) in [6, 6.07) is -0.327. The smallest absolute Gasteiger partial charge is 0.323 e. The van der Waals surface area contributed by atoms with E-state index < -0.39 is 5.97 Å². The van der Waals surface area contributed by atoms with Crippen molar-refractivity contribution in [3.63, 3.8) is 0 Å². The predicted octanol–water partition coefficient (Wildman–Crippen LogP) is 1.06. The summed E-state index contributed by atoms with van der Waals surface area (Å²) in [5.74, 6) is -0.997. The molecule has 6 nitrogen and oxygen atoms in total. The van der Waals surface area contributed by atoms with Crippen LogP contribution in [0.4, 0.5) is 4.79 Å². The minimum Gasteiger partial charge on any atom is -0.480 e. The second kappa shape index (κ2) is 6.58. The Labute approximate surface area is 107 Å². The van der Waals surface area contributed by atoms with E-state index in [9.17, 15) is 9.59 Å². The molecule has 2 amide bonds. The van der Waals surface area contributed by atoms with E-state index in [1.807, 2.05) is 13.8 Å². The molecule has 1 unspecified atom stereocenters. The van der Waals surface area contributed by atoms with Crippen LogP contribution in [-0.2, 0) is 9.53 Å². The number of nitrogens with zero attached hydrogens (tertiary/aromatic N) is 1. The lowest BCUT2D eigenvalue weighted by atomic mass is 9.95. The summed E-state index contributed by atoms with van der Waals surface area (Å²) in [6.07, 6.45) is 2.49. The van der Waals surface area contributed by atoms with Crippen molar-refractivity contribution in [3.8, 4) is 0 Å². The summed E-state index contributed by atoms with van der Waals surface area (Å²) >= 11 is 0. The molecule has 0 aliphatic carbocycles. The van der Waals surface area contributed by atoms with Crippen molar-refractivity contribution in [1.29, 1.82) is 0 Å². The fourth-order valence-corrected chi connectivity index (χ4v) is 2.06. The summed E-state index contributed by atoms with van der Waals surface area (Å²) in [4.78, 5) is 24.1. The van der Waals surface area contributed by atoms with E-state index in [0.29, 0.717) is 13.2 Å². The molecule has 6 heteroatoms. The van der Waals surface area contributed by atoms with Gasteiger partial charge in [-0.2, -0.15) is 0 Å². The molecule has 1 atom stereocenters. The molecule has 0 aromatic carbocycles. The van der Waals surface area contributed by atoms with Crippen molar-refractivity contribution in [3.05, 3.63) is 0 Å². The van der Waals surface area contributed by atoms with Gasteiger partial charge < -0.3 is 20.1 Å². The van der Waals surface area contributed by atoms with Gasteiger partial charge in [0, 0.05) is 13.2 Å². The van der Waals surface area contributed by atoms with Crippen LogP contribution in [-0.4, -0.2) is 53.8 Å². The fourth-order valence-electron chi connectivity index (χ4n) is 2.06. The van der Waals surface area contributed by atoms with Gasteiger partial charge in [0.15, 0.2) is 0 Å². The Kier molecular flexibility index (Phi) is 5.40. The van der Waals surface area contributed by atoms with Gasteiger partial charge in [0.25, 0.3) is 0 Å². The van der Waals surface area contributed by atoms with Crippen LogP contribution in [0.3, 0.4) is 0 Å². The highest BCUT2D eigenvalue weighted by Gasteiger charge is 2.31. The van der Waals surface area contributed by atoms with Crippen LogP contribution in [0.15, 0.2) is 0 Å². The normalized spacial score (nSPS) is 23.4. The highest BCUT2D eigenvalue weighted by atomic mass is 16.5. The Morgan fingerprint density at radius 3 is 2.72 bits per heavy atom. The minimum absolute atomic E-state index is 0.267. The summed E-state index contributed by atoms with van der Waals surface area (Å²) in [6.45, 7) is 5.21. The maximum Gasteiger partial charge on any atom is 0.323 e. The van der Waals surface area contributed by atoms with Gasteiger partial charge in [-0.25, -0.2) is 4.79 Å². The van der Waals surface area contributed by atoms with Crippen molar-refractivity contribution in [1.82, 2.24) is 10.2 Å². The van der Waals surface area contributed by atoms with Gasteiger partial charge in [0.05, 0.1) is 12.1 Å². The van der Waals surface area contributed by atoms with E-state index in [2.05, 4.69) is 5.32 Å². The highest BCUT2D eigenvalue weighted by Crippen LogP contribution is 2.18. The first-order valence-electron chi connectivity index (χ1n) is 6.33. The average molecular weight is 258 g/mol. The maximum atomic E-state index is 12.0. The molecule has 1 heterocycles. The first-order valence-corrected chi connectivity index (χ1v) is 6.33. The number of carboxylic acids is 1. The van der Waals surface area contributed by atoms with E-state index in [1.165, 1.54) is 4.90 Å². The van der Waals surface area contributed by atoms with Crippen LogP contribution in [0, 0.1) is 0 Å². The van der Waals surface area contributed by atoms with E-state index in [-0.39, 0.29) is 18.1 Å². The van der Waals surface area contributed by atoms with Gasteiger partial charge in [0.1, 0.15) is 6.54 Å². The lowest BCUT2D eigenvalue weighted by Crippen LogP contribution is -2.56. The number of carbonyl (C=O) groups excluding carboxylic acids is 1. The van der Waals surface area contributed by atoms with Gasteiger partial charge in [-0.3, -0.25) is 4.79 Å². The quantitative estimate of drug-likeness (QED) is 0.773. The Morgan fingerprint density at radius 1 is 1.50 bits per heavy atom. The van der Waals surface area contributed by atoms with E-state index in [1.54, 1.807) is 0 Å². The number of urea groups is 1. The molecule has 1 aliphatic heterocycles. The number of carbonyl (C=O) groups is 2. The van der Waals surface area contributed by atoms with Gasteiger partial charge in [-0.05, 0) is 26.2 Å². The fraction of sp³-hybridized carbons (Fsp3) is 0.833. The van der Waals surface area contributed by atoms with Crippen LogP contribution in [0.25, 0.3) is 0 Å². The third-order valence-electron chi connectivity index (χ3n) is 2.95. The highest BCUT2D eigenvalue weighted by molar-refractivity contribution is 5.80. The van der Waals surface area contributed by atoms with Gasteiger partial charge in [-0.15, -0.1) is 0 Å². The van der Waals surface area contributed by atoms with E-state index >= 15 is 0 Å². The first-order chi connectivity index (χ1) is 8.47. The third kappa shape index (κ3) is 4.52. The number of ether oxygens (including phenoxy) is 1. The van der Waals surface area contributed by atoms with Crippen LogP contribution in [0.1, 0.15) is 33.1 Å². The number of carboxylic acid groups (broad SMARTS) is 1. The predicted molar refractivity (Wildman–Crippen MR) is 66.5 cm³/mol. The van der Waals surface area contributed by atoms with Crippen molar-refractivity contribution in [2.75, 3.05) is 26.3 Å². The van der Waals surface area contributed by atoms with Crippen LogP contribution in [0.5, 0.6) is 0 Å². The SMILES string of the molecule is CCCN(CC(=O)O)C(=O)NC1(C)CCCOC1. The van der Waals surface area contributed by atoms with Crippen LogP contribution >= 0.6 is 0 Å². The number of hydrogen-bond acceptors (Lipinski definition) is 3. The molecule has 1 saturated heterocycles. The Morgan fingerprint density at radius 2 is 2.22 bits per heavy atom. The molecule has 0 radical (unpaired) electrons. The average Bonchev–Trinajstić information content (AvgIpc) is 2.28. The van der Waals surface area contributed by atoms with Crippen LogP contribution in [0.2, 0.25) is 0 Å². The maximum absolute atomic E-state index is 12.0.